The summed E-state index contributed by atoms with van der Waals surface area (Å²) in [5, 5.41) is 2.97. The standard InChI is InChI=1S/C22H34N2O3/c1-16-13-17(2)15-24(14-16)11-12-27-20-9-7-19(8-10-20)23-21(25)22(3,26-4)18-5-6-18/h7-10,16-18H,5-6,11-15H2,1-4H3,(H,23,25)/t16-,17-,22+/m1/s1. The van der Waals surface area contributed by atoms with Gasteiger partial charge < -0.3 is 14.8 Å². The van der Waals surface area contributed by atoms with E-state index in [1.165, 1.54) is 6.42 Å². The number of carbonyl (C=O) groups is 1. The van der Waals surface area contributed by atoms with Crippen LogP contribution in [0.15, 0.2) is 24.3 Å². The topological polar surface area (TPSA) is 50.8 Å². The maximum absolute atomic E-state index is 12.6. The van der Waals surface area contributed by atoms with Gasteiger partial charge in [-0.15, -0.1) is 0 Å². The van der Waals surface area contributed by atoms with Gasteiger partial charge in [0.1, 0.15) is 18.0 Å². The minimum Gasteiger partial charge on any atom is -0.492 e. The Balaban J connectivity index is 1.45. The van der Waals surface area contributed by atoms with Gasteiger partial charge in [-0.1, -0.05) is 13.8 Å². The molecular formula is C22H34N2O3. The Morgan fingerprint density at radius 1 is 1.19 bits per heavy atom. The third kappa shape index (κ3) is 5.23. The maximum atomic E-state index is 12.6. The molecule has 1 aliphatic carbocycles. The Hall–Kier alpha value is -1.59. The van der Waals surface area contributed by atoms with Crippen molar-refractivity contribution in [1.29, 1.82) is 0 Å². The molecule has 5 nitrogen and oxygen atoms in total. The predicted molar refractivity (Wildman–Crippen MR) is 108 cm³/mol. The molecule has 1 aliphatic heterocycles. The highest BCUT2D eigenvalue weighted by molar-refractivity contribution is 5.97. The van der Waals surface area contributed by atoms with Crippen LogP contribution in [0.5, 0.6) is 5.75 Å². The zero-order valence-electron chi connectivity index (χ0n) is 17.2. The highest BCUT2D eigenvalue weighted by atomic mass is 16.5. The molecule has 2 aliphatic rings. The first-order chi connectivity index (χ1) is 12.9. The van der Waals surface area contributed by atoms with Crippen molar-refractivity contribution in [2.24, 2.45) is 17.8 Å². The number of methoxy groups -OCH3 is 1. The second kappa shape index (κ2) is 8.61. The van der Waals surface area contributed by atoms with E-state index in [4.69, 9.17) is 9.47 Å². The van der Waals surface area contributed by atoms with Crippen LogP contribution in [0.1, 0.15) is 40.0 Å². The molecule has 0 unspecified atom stereocenters. The lowest BCUT2D eigenvalue weighted by molar-refractivity contribution is -0.138. The fourth-order valence-electron chi connectivity index (χ4n) is 4.24. The minimum absolute atomic E-state index is 0.0745. The second-order valence-corrected chi connectivity index (χ2v) is 8.62. The molecule has 0 bridgehead atoms. The van der Waals surface area contributed by atoms with Crippen LogP contribution in [0.25, 0.3) is 0 Å². The van der Waals surface area contributed by atoms with Crippen molar-refractivity contribution in [3.63, 3.8) is 0 Å². The number of nitrogens with one attached hydrogen (secondary N) is 1. The zero-order valence-corrected chi connectivity index (χ0v) is 17.2. The molecule has 1 aromatic carbocycles. The van der Waals surface area contributed by atoms with E-state index in [9.17, 15) is 4.79 Å². The van der Waals surface area contributed by atoms with Gasteiger partial charge in [0.15, 0.2) is 0 Å². The van der Waals surface area contributed by atoms with Crippen LogP contribution in [-0.2, 0) is 9.53 Å². The van der Waals surface area contributed by atoms with Crippen molar-refractivity contribution in [2.75, 3.05) is 38.7 Å². The van der Waals surface area contributed by atoms with Crippen molar-refractivity contribution in [3.8, 4) is 5.75 Å². The van der Waals surface area contributed by atoms with Gasteiger partial charge in [-0.25, -0.2) is 0 Å². The summed E-state index contributed by atoms with van der Waals surface area (Å²) < 4.78 is 11.4. The summed E-state index contributed by atoms with van der Waals surface area (Å²) in [7, 11) is 1.61. The van der Waals surface area contributed by atoms with Crippen molar-refractivity contribution >= 4 is 11.6 Å². The first-order valence-electron chi connectivity index (χ1n) is 10.2. The molecule has 1 aromatic rings. The van der Waals surface area contributed by atoms with Crippen LogP contribution in [0.4, 0.5) is 5.69 Å². The number of amides is 1. The quantitative estimate of drug-likeness (QED) is 0.752. The number of carbonyl (C=O) groups excluding carboxylic acids is 1. The highest BCUT2D eigenvalue weighted by Crippen LogP contribution is 2.42. The molecule has 1 heterocycles. The lowest BCUT2D eigenvalue weighted by Crippen LogP contribution is -2.44. The number of benzene rings is 1. The van der Waals surface area contributed by atoms with E-state index in [1.54, 1.807) is 7.11 Å². The molecule has 150 valence electrons. The summed E-state index contributed by atoms with van der Waals surface area (Å²) in [6.45, 7) is 10.5. The van der Waals surface area contributed by atoms with Crippen molar-refractivity contribution in [1.82, 2.24) is 4.90 Å². The van der Waals surface area contributed by atoms with Gasteiger partial charge in [0.2, 0.25) is 0 Å². The predicted octanol–water partition coefficient (Wildman–Crippen LogP) is 3.80. The average Bonchev–Trinajstić information content (AvgIpc) is 3.47. The van der Waals surface area contributed by atoms with Crippen LogP contribution in [-0.4, -0.2) is 49.8 Å². The smallest absolute Gasteiger partial charge is 0.256 e. The van der Waals surface area contributed by atoms with E-state index < -0.39 is 5.60 Å². The third-order valence-electron chi connectivity index (χ3n) is 5.96. The van der Waals surface area contributed by atoms with Gasteiger partial charge in [0.25, 0.3) is 5.91 Å². The van der Waals surface area contributed by atoms with Crippen LogP contribution >= 0.6 is 0 Å². The fraction of sp³-hybridized carbons (Fsp3) is 0.682. The molecule has 0 aromatic heterocycles. The number of nitrogens with zero attached hydrogens (tertiary/aromatic N) is 1. The van der Waals surface area contributed by atoms with E-state index in [2.05, 4.69) is 24.1 Å². The molecular weight excluding hydrogens is 340 g/mol. The highest BCUT2D eigenvalue weighted by Gasteiger charge is 2.47. The lowest BCUT2D eigenvalue weighted by atomic mass is 9.92. The van der Waals surface area contributed by atoms with Gasteiger partial charge in [0, 0.05) is 32.4 Å². The largest absolute Gasteiger partial charge is 0.492 e. The third-order valence-corrected chi connectivity index (χ3v) is 5.96. The van der Waals surface area contributed by atoms with Gasteiger partial charge in [-0.2, -0.15) is 0 Å². The molecule has 0 radical (unpaired) electrons. The number of hydrogen-bond donors (Lipinski definition) is 1. The molecule has 3 rings (SSSR count). The van der Waals surface area contributed by atoms with E-state index in [0.717, 1.165) is 55.7 Å². The number of ether oxygens (including phenoxy) is 2. The number of anilines is 1. The normalized spacial score (nSPS) is 25.6. The van der Waals surface area contributed by atoms with E-state index in [-0.39, 0.29) is 5.91 Å². The van der Waals surface area contributed by atoms with Crippen molar-refractivity contribution < 1.29 is 14.3 Å². The molecule has 1 N–H and O–H groups in total. The summed E-state index contributed by atoms with van der Waals surface area (Å²) in [4.78, 5) is 15.1. The maximum Gasteiger partial charge on any atom is 0.256 e. The minimum atomic E-state index is -0.738. The second-order valence-electron chi connectivity index (χ2n) is 8.62. The molecule has 3 atom stereocenters. The summed E-state index contributed by atoms with van der Waals surface area (Å²) in [5.74, 6) is 2.62. The van der Waals surface area contributed by atoms with Gasteiger partial charge in [-0.05, 0) is 68.2 Å². The van der Waals surface area contributed by atoms with E-state index in [1.807, 2.05) is 31.2 Å². The molecule has 1 amide bonds. The Morgan fingerprint density at radius 2 is 1.81 bits per heavy atom. The first kappa shape index (κ1) is 20.2. The number of piperidine rings is 1. The van der Waals surface area contributed by atoms with Gasteiger partial charge >= 0.3 is 0 Å². The van der Waals surface area contributed by atoms with Gasteiger partial charge in [-0.3, -0.25) is 9.69 Å². The lowest BCUT2D eigenvalue weighted by Gasteiger charge is -2.34. The summed E-state index contributed by atoms with van der Waals surface area (Å²) in [6.07, 6.45) is 3.44. The van der Waals surface area contributed by atoms with Gasteiger partial charge in [0.05, 0.1) is 0 Å². The summed E-state index contributed by atoms with van der Waals surface area (Å²) in [5.41, 5.74) is 0.0349. The molecule has 2 fully saturated rings. The summed E-state index contributed by atoms with van der Waals surface area (Å²) >= 11 is 0. The van der Waals surface area contributed by atoms with Crippen molar-refractivity contribution in [2.45, 2.75) is 45.6 Å². The summed E-state index contributed by atoms with van der Waals surface area (Å²) in [6, 6.07) is 7.61. The van der Waals surface area contributed by atoms with E-state index >= 15 is 0 Å². The Kier molecular flexibility index (Phi) is 6.43. The van der Waals surface area contributed by atoms with Crippen LogP contribution < -0.4 is 10.1 Å². The number of hydrogen-bond acceptors (Lipinski definition) is 4. The molecule has 5 heteroatoms. The Bertz CT molecular complexity index is 619. The number of likely N-dealkylation sites (tertiary alicyclic amines) is 1. The number of rotatable bonds is 8. The Morgan fingerprint density at radius 3 is 2.37 bits per heavy atom. The first-order valence-corrected chi connectivity index (χ1v) is 10.2. The van der Waals surface area contributed by atoms with E-state index in [0.29, 0.717) is 12.5 Å². The average molecular weight is 375 g/mol. The molecule has 0 spiro atoms. The molecule has 1 saturated heterocycles. The van der Waals surface area contributed by atoms with Crippen LogP contribution in [0.2, 0.25) is 0 Å². The zero-order chi connectivity index (χ0) is 19.4. The molecule has 27 heavy (non-hydrogen) atoms. The monoisotopic (exact) mass is 374 g/mol. The fourth-order valence-corrected chi connectivity index (χ4v) is 4.24. The molecule has 1 saturated carbocycles. The van der Waals surface area contributed by atoms with Crippen LogP contribution in [0.3, 0.4) is 0 Å². The van der Waals surface area contributed by atoms with Crippen molar-refractivity contribution in [3.05, 3.63) is 24.3 Å². The Labute approximate surface area is 163 Å². The SMILES string of the molecule is CO[C@](C)(C(=O)Nc1ccc(OCCN2C[C@H](C)C[C@@H](C)C2)cc1)C1CC1. The van der Waals surface area contributed by atoms with Crippen LogP contribution in [0, 0.1) is 17.8 Å².